The van der Waals surface area contributed by atoms with Gasteiger partial charge in [0.1, 0.15) is 18.5 Å². The number of para-hydroxylation sites is 2. The molecule has 0 amide bonds. The van der Waals surface area contributed by atoms with Gasteiger partial charge >= 0.3 is 0 Å². The first-order valence-corrected chi connectivity index (χ1v) is 7.06. The number of H-pyrrole nitrogens is 1. The molecule has 120 valence electrons. The SMILES string of the molecule is OC(CNc1nc2ccccc2[nH]1)COc1ccc(F)c(F)c1. The number of benzene rings is 2. The monoisotopic (exact) mass is 319 g/mol. The number of aromatic amines is 1. The molecule has 0 aliphatic carbocycles. The smallest absolute Gasteiger partial charge is 0.201 e. The Balaban J connectivity index is 1.51. The van der Waals surface area contributed by atoms with Crippen molar-refractivity contribution in [2.45, 2.75) is 6.10 Å². The van der Waals surface area contributed by atoms with Crippen molar-refractivity contribution in [1.29, 1.82) is 0 Å². The van der Waals surface area contributed by atoms with Gasteiger partial charge in [0.15, 0.2) is 11.6 Å². The lowest BCUT2D eigenvalue weighted by Crippen LogP contribution is -2.26. The lowest BCUT2D eigenvalue weighted by atomic mass is 10.3. The molecule has 3 aromatic rings. The molecule has 0 aliphatic heterocycles. The molecule has 0 spiro atoms. The number of nitrogens with zero attached hydrogens (tertiary/aromatic N) is 1. The summed E-state index contributed by atoms with van der Waals surface area (Å²) in [6.45, 7) is 0.141. The molecule has 1 heterocycles. The van der Waals surface area contributed by atoms with Gasteiger partial charge in [0.25, 0.3) is 0 Å². The summed E-state index contributed by atoms with van der Waals surface area (Å²) in [5.41, 5.74) is 1.71. The average Bonchev–Trinajstić information content (AvgIpc) is 2.97. The maximum Gasteiger partial charge on any atom is 0.201 e. The van der Waals surface area contributed by atoms with Crippen LogP contribution in [0.1, 0.15) is 0 Å². The number of hydrogen-bond acceptors (Lipinski definition) is 4. The third kappa shape index (κ3) is 3.75. The number of fused-ring (bicyclic) bond motifs is 1. The van der Waals surface area contributed by atoms with Crippen LogP contribution in [0.4, 0.5) is 14.7 Å². The molecule has 0 bridgehead atoms. The number of rotatable bonds is 6. The summed E-state index contributed by atoms with van der Waals surface area (Å²) < 4.78 is 31.0. The fourth-order valence-corrected chi connectivity index (χ4v) is 2.07. The Morgan fingerprint density at radius 2 is 2.00 bits per heavy atom. The van der Waals surface area contributed by atoms with Crippen LogP contribution in [0, 0.1) is 11.6 Å². The minimum absolute atomic E-state index is 0.0572. The number of nitrogens with one attached hydrogen (secondary N) is 2. The first kappa shape index (κ1) is 15.2. The number of imidazole rings is 1. The van der Waals surface area contributed by atoms with Gasteiger partial charge in [0.2, 0.25) is 5.95 Å². The van der Waals surface area contributed by atoms with Crippen LogP contribution in [0.25, 0.3) is 11.0 Å². The fraction of sp³-hybridized carbons (Fsp3) is 0.188. The maximum atomic E-state index is 13.0. The first-order valence-electron chi connectivity index (χ1n) is 7.06. The van der Waals surface area contributed by atoms with E-state index in [0.29, 0.717) is 5.95 Å². The Morgan fingerprint density at radius 3 is 2.78 bits per heavy atom. The Hall–Kier alpha value is -2.67. The van der Waals surface area contributed by atoms with E-state index < -0.39 is 17.7 Å². The third-order valence-electron chi connectivity index (χ3n) is 3.23. The van der Waals surface area contributed by atoms with Crippen molar-refractivity contribution in [3.8, 4) is 5.75 Å². The highest BCUT2D eigenvalue weighted by Crippen LogP contribution is 2.16. The average molecular weight is 319 g/mol. The van der Waals surface area contributed by atoms with Crippen molar-refractivity contribution in [3.63, 3.8) is 0 Å². The molecule has 0 saturated heterocycles. The number of hydrogen-bond donors (Lipinski definition) is 3. The van der Waals surface area contributed by atoms with Crippen LogP contribution in [0.2, 0.25) is 0 Å². The molecule has 3 rings (SSSR count). The van der Waals surface area contributed by atoms with E-state index in [-0.39, 0.29) is 18.9 Å². The second kappa shape index (κ2) is 6.62. The molecule has 1 unspecified atom stereocenters. The molecule has 0 aliphatic rings. The second-order valence-corrected chi connectivity index (χ2v) is 5.02. The summed E-state index contributed by atoms with van der Waals surface area (Å²) >= 11 is 0. The first-order chi connectivity index (χ1) is 11.1. The standard InChI is InChI=1S/C16H15F2N3O2/c17-12-6-5-11(7-13(12)18)23-9-10(22)8-19-16-20-14-3-1-2-4-15(14)21-16/h1-7,10,22H,8-9H2,(H2,19,20,21). The van der Waals surface area contributed by atoms with Gasteiger partial charge in [-0.25, -0.2) is 13.8 Å². The molecular weight excluding hydrogens is 304 g/mol. The highest BCUT2D eigenvalue weighted by Gasteiger charge is 2.09. The Labute approximate surface area is 130 Å². The van der Waals surface area contributed by atoms with Crippen molar-refractivity contribution in [2.75, 3.05) is 18.5 Å². The van der Waals surface area contributed by atoms with Crippen molar-refractivity contribution in [1.82, 2.24) is 9.97 Å². The van der Waals surface area contributed by atoms with E-state index >= 15 is 0 Å². The van der Waals surface area contributed by atoms with Gasteiger partial charge in [-0.15, -0.1) is 0 Å². The fourth-order valence-electron chi connectivity index (χ4n) is 2.07. The molecule has 3 N–H and O–H groups in total. The molecular formula is C16H15F2N3O2. The zero-order chi connectivity index (χ0) is 16.2. The van der Waals surface area contributed by atoms with E-state index in [1.165, 1.54) is 6.07 Å². The number of ether oxygens (including phenoxy) is 1. The largest absolute Gasteiger partial charge is 0.491 e. The minimum Gasteiger partial charge on any atom is -0.491 e. The van der Waals surface area contributed by atoms with Gasteiger partial charge in [-0.3, -0.25) is 0 Å². The summed E-state index contributed by atoms with van der Waals surface area (Å²) in [4.78, 5) is 7.39. The molecule has 1 aromatic heterocycles. The van der Waals surface area contributed by atoms with Crippen LogP contribution in [0.15, 0.2) is 42.5 Å². The van der Waals surface area contributed by atoms with Crippen LogP contribution in [-0.4, -0.2) is 34.3 Å². The van der Waals surface area contributed by atoms with Gasteiger partial charge in [0.05, 0.1) is 11.0 Å². The zero-order valence-corrected chi connectivity index (χ0v) is 12.1. The van der Waals surface area contributed by atoms with Gasteiger partial charge in [-0.1, -0.05) is 12.1 Å². The highest BCUT2D eigenvalue weighted by atomic mass is 19.2. The Bertz CT molecular complexity index is 774. The van der Waals surface area contributed by atoms with Crippen molar-refractivity contribution in [2.24, 2.45) is 0 Å². The highest BCUT2D eigenvalue weighted by molar-refractivity contribution is 5.77. The van der Waals surface area contributed by atoms with Crippen LogP contribution in [-0.2, 0) is 0 Å². The van der Waals surface area contributed by atoms with Crippen molar-refractivity contribution >= 4 is 17.0 Å². The molecule has 0 fully saturated rings. The number of aliphatic hydroxyl groups excluding tert-OH is 1. The Morgan fingerprint density at radius 1 is 1.17 bits per heavy atom. The van der Waals surface area contributed by atoms with E-state index in [9.17, 15) is 13.9 Å². The summed E-state index contributed by atoms with van der Waals surface area (Å²) in [6, 6.07) is 10.8. The molecule has 2 aromatic carbocycles. The minimum atomic E-state index is -0.989. The van der Waals surface area contributed by atoms with E-state index in [1.807, 2.05) is 24.3 Å². The number of aliphatic hydroxyl groups is 1. The molecule has 23 heavy (non-hydrogen) atoms. The van der Waals surface area contributed by atoms with E-state index in [1.54, 1.807) is 0 Å². The second-order valence-electron chi connectivity index (χ2n) is 5.02. The van der Waals surface area contributed by atoms with Crippen LogP contribution in [0.3, 0.4) is 0 Å². The van der Waals surface area contributed by atoms with Gasteiger partial charge in [-0.05, 0) is 24.3 Å². The van der Waals surface area contributed by atoms with Crippen molar-refractivity contribution < 1.29 is 18.6 Å². The number of anilines is 1. The van der Waals surface area contributed by atoms with Crippen LogP contribution >= 0.6 is 0 Å². The number of halogens is 2. The summed E-state index contributed by atoms with van der Waals surface area (Å²) in [5.74, 6) is -1.23. The van der Waals surface area contributed by atoms with Gasteiger partial charge in [0, 0.05) is 12.6 Å². The summed E-state index contributed by atoms with van der Waals surface area (Å²) in [5, 5.41) is 12.8. The van der Waals surface area contributed by atoms with E-state index in [0.717, 1.165) is 23.2 Å². The molecule has 5 nitrogen and oxygen atoms in total. The van der Waals surface area contributed by atoms with Gasteiger partial charge < -0.3 is 20.1 Å². The van der Waals surface area contributed by atoms with Gasteiger partial charge in [-0.2, -0.15) is 0 Å². The van der Waals surface area contributed by atoms with E-state index in [4.69, 9.17) is 4.74 Å². The molecule has 1 atom stereocenters. The predicted molar refractivity (Wildman–Crippen MR) is 82.4 cm³/mol. The maximum absolute atomic E-state index is 13.0. The molecule has 0 saturated carbocycles. The lowest BCUT2D eigenvalue weighted by molar-refractivity contribution is 0.117. The summed E-state index contributed by atoms with van der Waals surface area (Å²) in [7, 11) is 0. The topological polar surface area (TPSA) is 70.2 Å². The Kier molecular flexibility index (Phi) is 4.38. The van der Waals surface area contributed by atoms with E-state index in [2.05, 4.69) is 15.3 Å². The quantitative estimate of drug-likeness (QED) is 0.653. The summed E-state index contributed by atoms with van der Waals surface area (Å²) in [6.07, 6.45) is -0.837. The predicted octanol–water partition coefficient (Wildman–Crippen LogP) is 2.69. The lowest BCUT2D eigenvalue weighted by Gasteiger charge is -2.13. The molecule has 7 heteroatoms. The molecule has 0 radical (unpaired) electrons. The number of aromatic nitrogens is 2. The van der Waals surface area contributed by atoms with Crippen LogP contribution < -0.4 is 10.1 Å². The normalized spacial score (nSPS) is 12.3. The van der Waals surface area contributed by atoms with Crippen molar-refractivity contribution in [3.05, 3.63) is 54.1 Å². The third-order valence-corrected chi connectivity index (χ3v) is 3.23. The van der Waals surface area contributed by atoms with Crippen LogP contribution in [0.5, 0.6) is 5.75 Å². The zero-order valence-electron chi connectivity index (χ0n) is 12.1.